The van der Waals surface area contributed by atoms with Gasteiger partial charge in [0.25, 0.3) is 0 Å². The molecule has 164 valence electrons. The van der Waals surface area contributed by atoms with E-state index in [1.807, 2.05) is 48.5 Å². The van der Waals surface area contributed by atoms with Gasteiger partial charge in [0.15, 0.2) is 4.34 Å². The van der Waals surface area contributed by atoms with Crippen molar-refractivity contribution < 1.29 is 19.1 Å². The second kappa shape index (κ2) is 9.13. The first-order valence-corrected chi connectivity index (χ1v) is 12.0. The summed E-state index contributed by atoms with van der Waals surface area (Å²) >= 11 is 3.33. The Hall–Kier alpha value is -3.55. The highest BCUT2D eigenvalue weighted by Gasteiger charge is 2.17. The van der Waals surface area contributed by atoms with Crippen molar-refractivity contribution in [2.45, 2.75) is 10.1 Å². The van der Waals surface area contributed by atoms with Crippen LogP contribution in [0.25, 0.3) is 32.9 Å². The van der Waals surface area contributed by atoms with Gasteiger partial charge in [-0.15, -0.1) is 11.3 Å². The molecule has 0 spiro atoms. The topological polar surface area (TPSA) is 72.6 Å². The molecule has 1 N–H and O–H groups in total. The van der Waals surface area contributed by atoms with Crippen LogP contribution >= 0.6 is 23.1 Å². The number of thioether (sulfide) groups is 1. The number of carbonyl (C=O) groups is 1. The molecule has 33 heavy (non-hydrogen) atoms. The van der Waals surface area contributed by atoms with E-state index in [0.29, 0.717) is 5.75 Å². The molecular formula is C26H19NO4S2. The fraction of sp³-hybridized carbons (Fsp3) is 0.0769. The minimum absolute atomic E-state index is 0.240. The second-order valence-corrected chi connectivity index (χ2v) is 9.57. The normalized spacial score (nSPS) is 11.1. The van der Waals surface area contributed by atoms with Crippen LogP contribution in [0.4, 0.5) is 0 Å². The van der Waals surface area contributed by atoms with Crippen molar-refractivity contribution >= 4 is 39.3 Å². The third-order valence-corrected chi connectivity index (χ3v) is 7.41. The van der Waals surface area contributed by atoms with E-state index in [2.05, 4.69) is 6.07 Å². The predicted octanol–water partition coefficient (Wildman–Crippen LogP) is 7.22. The molecule has 2 heterocycles. The highest BCUT2D eigenvalue weighted by molar-refractivity contribution is 8.00. The Bertz CT molecular complexity index is 1400. The third kappa shape index (κ3) is 4.51. The largest absolute Gasteiger partial charge is 0.497 e. The molecule has 0 aliphatic rings. The van der Waals surface area contributed by atoms with E-state index < -0.39 is 5.97 Å². The Balaban J connectivity index is 1.50. The van der Waals surface area contributed by atoms with Crippen LogP contribution in [-0.2, 0) is 5.75 Å². The number of aromatic carboxylic acids is 1. The molecule has 0 amide bonds. The maximum Gasteiger partial charge on any atom is 0.335 e. The molecule has 7 heteroatoms. The number of nitrogens with zero attached hydrogens (tertiary/aromatic N) is 1. The molecule has 0 unspecified atom stereocenters. The Morgan fingerprint density at radius 1 is 1.03 bits per heavy atom. The van der Waals surface area contributed by atoms with E-state index in [0.717, 1.165) is 48.5 Å². The van der Waals surface area contributed by atoms with Gasteiger partial charge in [-0.25, -0.2) is 9.78 Å². The maximum atomic E-state index is 11.3. The molecule has 0 aliphatic carbocycles. The standard InChI is InChI=1S/C26H19NO4S2/c1-30-20-6-4-5-18(13-20)22-14-19(15-32-26-27-21-7-2-3-8-23(21)33-26)24(31-22)16-9-11-17(12-10-16)25(28)29/h2-14H,15H2,1H3,(H,28,29). The number of ether oxygens (including phenoxy) is 1. The van der Waals surface area contributed by atoms with Crippen LogP contribution < -0.4 is 4.74 Å². The van der Waals surface area contributed by atoms with Gasteiger partial charge < -0.3 is 14.3 Å². The summed E-state index contributed by atoms with van der Waals surface area (Å²) in [5, 5.41) is 9.23. The zero-order valence-corrected chi connectivity index (χ0v) is 19.3. The number of furan rings is 1. The minimum Gasteiger partial charge on any atom is -0.497 e. The molecule has 5 nitrogen and oxygen atoms in total. The van der Waals surface area contributed by atoms with Gasteiger partial charge in [0.2, 0.25) is 0 Å². The Morgan fingerprint density at radius 3 is 2.61 bits per heavy atom. The molecule has 5 rings (SSSR count). The molecule has 0 saturated heterocycles. The van der Waals surface area contributed by atoms with Gasteiger partial charge in [0.05, 0.1) is 22.9 Å². The first-order chi connectivity index (χ1) is 16.1. The average molecular weight is 474 g/mol. The summed E-state index contributed by atoms with van der Waals surface area (Å²) in [6.45, 7) is 0. The number of aromatic nitrogens is 1. The lowest BCUT2D eigenvalue weighted by atomic mass is 10.1. The summed E-state index contributed by atoms with van der Waals surface area (Å²) in [5.41, 5.74) is 3.99. The van der Waals surface area contributed by atoms with Gasteiger partial charge in [0, 0.05) is 22.4 Å². The predicted molar refractivity (Wildman–Crippen MR) is 132 cm³/mol. The highest BCUT2D eigenvalue weighted by atomic mass is 32.2. The Morgan fingerprint density at radius 2 is 1.85 bits per heavy atom. The van der Waals surface area contributed by atoms with E-state index in [1.54, 1.807) is 54.5 Å². The number of carboxylic acid groups (broad SMARTS) is 1. The molecule has 0 atom stereocenters. The van der Waals surface area contributed by atoms with Crippen molar-refractivity contribution in [1.29, 1.82) is 0 Å². The number of benzene rings is 3. The van der Waals surface area contributed by atoms with E-state index in [1.165, 1.54) is 0 Å². The van der Waals surface area contributed by atoms with Crippen LogP contribution in [0.15, 0.2) is 87.6 Å². The first-order valence-electron chi connectivity index (χ1n) is 10.2. The van der Waals surface area contributed by atoms with Gasteiger partial charge in [-0.05, 0) is 42.5 Å². The lowest BCUT2D eigenvalue weighted by Gasteiger charge is -2.03. The van der Waals surface area contributed by atoms with E-state index in [9.17, 15) is 9.90 Å². The van der Waals surface area contributed by atoms with Gasteiger partial charge in [-0.3, -0.25) is 0 Å². The van der Waals surface area contributed by atoms with Gasteiger partial charge in [-0.2, -0.15) is 0 Å². The number of carboxylic acids is 1. The summed E-state index contributed by atoms with van der Waals surface area (Å²) in [6.07, 6.45) is 0. The molecule has 0 saturated carbocycles. The summed E-state index contributed by atoms with van der Waals surface area (Å²) in [7, 11) is 1.64. The molecule has 3 aromatic carbocycles. The molecule has 0 aliphatic heterocycles. The maximum absolute atomic E-state index is 11.3. The number of hydrogen-bond acceptors (Lipinski definition) is 6. The number of methoxy groups -OCH3 is 1. The van der Waals surface area contributed by atoms with Crippen molar-refractivity contribution in [3.63, 3.8) is 0 Å². The quantitative estimate of drug-likeness (QED) is 0.252. The van der Waals surface area contributed by atoms with Gasteiger partial charge in [-0.1, -0.05) is 48.2 Å². The van der Waals surface area contributed by atoms with Crippen molar-refractivity contribution in [2.24, 2.45) is 0 Å². The zero-order chi connectivity index (χ0) is 22.8. The second-order valence-electron chi connectivity index (χ2n) is 7.32. The van der Waals surface area contributed by atoms with Crippen LogP contribution in [-0.4, -0.2) is 23.2 Å². The van der Waals surface area contributed by atoms with Gasteiger partial charge >= 0.3 is 5.97 Å². The smallest absolute Gasteiger partial charge is 0.335 e. The zero-order valence-electron chi connectivity index (χ0n) is 17.6. The average Bonchev–Trinajstić information content (AvgIpc) is 3.47. The third-order valence-electron chi connectivity index (χ3n) is 5.18. The van der Waals surface area contributed by atoms with E-state index in [-0.39, 0.29) is 5.56 Å². The summed E-state index contributed by atoms with van der Waals surface area (Å²) in [6, 6.07) is 24.6. The summed E-state index contributed by atoms with van der Waals surface area (Å²) in [5.74, 6) is 1.92. The number of fused-ring (bicyclic) bond motifs is 1. The van der Waals surface area contributed by atoms with Crippen molar-refractivity contribution in [3.8, 4) is 28.4 Å². The van der Waals surface area contributed by atoms with E-state index >= 15 is 0 Å². The van der Waals surface area contributed by atoms with Crippen LogP contribution in [0.5, 0.6) is 5.75 Å². The monoisotopic (exact) mass is 473 g/mol. The highest BCUT2D eigenvalue weighted by Crippen LogP contribution is 2.38. The number of para-hydroxylation sites is 1. The van der Waals surface area contributed by atoms with Crippen molar-refractivity contribution in [1.82, 2.24) is 4.98 Å². The lowest BCUT2D eigenvalue weighted by molar-refractivity contribution is 0.0697. The lowest BCUT2D eigenvalue weighted by Crippen LogP contribution is -1.95. The Labute approximate surface area is 198 Å². The van der Waals surface area contributed by atoms with Gasteiger partial charge in [0.1, 0.15) is 17.3 Å². The molecule has 0 fully saturated rings. The molecule has 2 aromatic heterocycles. The summed E-state index contributed by atoms with van der Waals surface area (Å²) in [4.78, 5) is 16.0. The van der Waals surface area contributed by atoms with Crippen LogP contribution in [0.3, 0.4) is 0 Å². The van der Waals surface area contributed by atoms with Crippen molar-refractivity contribution in [3.05, 3.63) is 90.0 Å². The molecule has 0 radical (unpaired) electrons. The minimum atomic E-state index is -0.954. The Kier molecular flexibility index (Phi) is 5.90. The summed E-state index contributed by atoms with van der Waals surface area (Å²) < 4.78 is 13.8. The van der Waals surface area contributed by atoms with Crippen LogP contribution in [0, 0.1) is 0 Å². The molecule has 5 aromatic rings. The molecule has 0 bridgehead atoms. The first kappa shape index (κ1) is 21.3. The number of hydrogen-bond donors (Lipinski definition) is 1. The van der Waals surface area contributed by atoms with Crippen LogP contribution in [0.1, 0.15) is 15.9 Å². The van der Waals surface area contributed by atoms with Crippen LogP contribution in [0.2, 0.25) is 0 Å². The number of thiazole rings is 1. The SMILES string of the molecule is COc1cccc(-c2cc(CSc3nc4ccccc4s3)c(-c3ccc(C(=O)O)cc3)o2)c1. The molecular weight excluding hydrogens is 454 g/mol. The number of rotatable bonds is 7. The van der Waals surface area contributed by atoms with E-state index in [4.69, 9.17) is 14.1 Å². The fourth-order valence-corrected chi connectivity index (χ4v) is 5.55. The van der Waals surface area contributed by atoms with Crippen molar-refractivity contribution in [2.75, 3.05) is 7.11 Å². The fourth-order valence-electron chi connectivity index (χ4n) is 3.52.